The van der Waals surface area contributed by atoms with Gasteiger partial charge in [-0.15, -0.1) is 0 Å². The van der Waals surface area contributed by atoms with Crippen molar-refractivity contribution < 1.29 is 17.9 Å². The molecule has 0 unspecified atom stereocenters. The van der Waals surface area contributed by atoms with E-state index in [4.69, 9.17) is 9.88 Å². The molecule has 0 saturated carbocycles. The summed E-state index contributed by atoms with van der Waals surface area (Å²) in [4.78, 5) is 11.7. The molecule has 124 valence electrons. The first kappa shape index (κ1) is 18.7. The Hall–Kier alpha value is -2.38. The average Bonchev–Trinajstić information content (AvgIpc) is 2.56. The summed E-state index contributed by atoms with van der Waals surface area (Å²) >= 11 is 0. The van der Waals surface area contributed by atoms with Crippen molar-refractivity contribution in [3.05, 3.63) is 54.1 Å². The van der Waals surface area contributed by atoms with Gasteiger partial charge in [-0.2, -0.15) is 0 Å². The van der Waals surface area contributed by atoms with Gasteiger partial charge in [0.2, 0.25) is 10.0 Å². The number of benzene rings is 2. The van der Waals surface area contributed by atoms with Crippen LogP contribution in [-0.4, -0.2) is 21.4 Å². The van der Waals surface area contributed by atoms with Crippen LogP contribution in [0.4, 0.5) is 0 Å². The number of sulfonamides is 1. The largest absolute Gasteiger partial charge is 0.457 e. The summed E-state index contributed by atoms with van der Waals surface area (Å²) in [6.07, 6.45) is 0. The fourth-order valence-electron chi connectivity index (χ4n) is 1.70. The van der Waals surface area contributed by atoms with Gasteiger partial charge in [0, 0.05) is 7.05 Å². The SMILES string of the molecule is CC.CNC(=O)c1cc(S(N)(=O)=O)ccc1Oc1ccccc1. The molecule has 6 nitrogen and oxygen atoms in total. The molecule has 0 fully saturated rings. The number of ether oxygens (including phenoxy) is 1. The number of nitrogens with one attached hydrogen (secondary N) is 1. The van der Waals surface area contributed by atoms with Gasteiger partial charge in [0.1, 0.15) is 11.5 Å². The van der Waals surface area contributed by atoms with Gasteiger partial charge in [0.15, 0.2) is 0 Å². The summed E-state index contributed by atoms with van der Waals surface area (Å²) in [6.45, 7) is 4.00. The number of rotatable bonds is 4. The van der Waals surface area contributed by atoms with Crippen LogP contribution in [0.5, 0.6) is 11.5 Å². The molecule has 1 amide bonds. The Kier molecular flexibility index (Phi) is 6.74. The smallest absolute Gasteiger partial charge is 0.254 e. The Balaban J connectivity index is 0.00000127. The van der Waals surface area contributed by atoms with Crippen LogP contribution >= 0.6 is 0 Å². The quantitative estimate of drug-likeness (QED) is 0.896. The predicted molar refractivity (Wildman–Crippen MR) is 89.1 cm³/mol. The number of amides is 1. The van der Waals surface area contributed by atoms with Crippen LogP contribution in [0.2, 0.25) is 0 Å². The van der Waals surface area contributed by atoms with E-state index >= 15 is 0 Å². The molecule has 0 heterocycles. The van der Waals surface area contributed by atoms with E-state index in [1.807, 2.05) is 19.9 Å². The third kappa shape index (κ3) is 5.08. The van der Waals surface area contributed by atoms with Crippen molar-refractivity contribution >= 4 is 15.9 Å². The van der Waals surface area contributed by atoms with Gasteiger partial charge in [-0.25, -0.2) is 13.6 Å². The highest BCUT2D eigenvalue weighted by atomic mass is 32.2. The molecule has 23 heavy (non-hydrogen) atoms. The lowest BCUT2D eigenvalue weighted by Crippen LogP contribution is -2.20. The van der Waals surface area contributed by atoms with E-state index in [9.17, 15) is 13.2 Å². The Labute approximate surface area is 136 Å². The topological polar surface area (TPSA) is 98.5 Å². The number of carbonyl (C=O) groups excluding carboxylic acids is 1. The molecule has 0 radical (unpaired) electrons. The average molecular weight is 336 g/mol. The van der Waals surface area contributed by atoms with Crippen LogP contribution < -0.4 is 15.2 Å². The molecule has 0 aliphatic rings. The second kappa shape index (κ2) is 8.30. The van der Waals surface area contributed by atoms with Crippen LogP contribution in [0.25, 0.3) is 0 Å². The lowest BCUT2D eigenvalue weighted by molar-refractivity contribution is 0.0960. The van der Waals surface area contributed by atoms with E-state index in [0.29, 0.717) is 5.75 Å². The van der Waals surface area contributed by atoms with Gasteiger partial charge in [-0.1, -0.05) is 32.0 Å². The minimum atomic E-state index is -3.89. The van der Waals surface area contributed by atoms with Crippen LogP contribution in [0.1, 0.15) is 24.2 Å². The Bertz CT molecular complexity index is 759. The monoisotopic (exact) mass is 336 g/mol. The third-order valence-electron chi connectivity index (χ3n) is 2.72. The fraction of sp³-hybridized carbons (Fsp3) is 0.188. The maximum Gasteiger partial charge on any atom is 0.254 e. The first-order valence-electron chi connectivity index (χ1n) is 7.03. The summed E-state index contributed by atoms with van der Waals surface area (Å²) in [6, 6.07) is 12.7. The van der Waals surface area contributed by atoms with E-state index in [1.54, 1.807) is 24.3 Å². The third-order valence-corrected chi connectivity index (χ3v) is 3.63. The summed E-state index contributed by atoms with van der Waals surface area (Å²) < 4.78 is 28.3. The number of carbonyl (C=O) groups is 1. The van der Waals surface area contributed by atoms with Crippen molar-refractivity contribution in [1.82, 2.24) is 5.32 Å². The first-order chi connectivity index (χ1) is 10.9. The van der Waals surface area contributed by atoms with Gasteiger partial charge >= 0.3 is 0 Å². The second-order valence-electron chi connectivity index (χ2n) is 4.20. The zero-order valence-electron chi connectivity index (χ0n) is 13.2. The Morgan fingerprint density at radius 3 is 2.22 bits per heavy atom. The lowest BCUT2D eigenvalue weighted by atomic mass is 10.2. The van der Waals surface area contributed by atoms with Gasteiger partial charge in [-0.3, -0.25) is 4.79 Å². The highest BCUT2D eigenvalue weighted by Crippen LogP contribution is 2.27. The Morgan fingerprint density at radius 1 is 1.09 bits per heavy atom. The molecular weight excluding hydrogens is 316 g/mol. The fourth-order valence-corrected chi connectivity index (χ4v) is 2.24. The molecule has 3 N–H and O–H groups in total. The summed E-state index contributed by atoms with van der Waals surface area (Å²) in [5, 5.41) is 7.50. The summed E-state index contributed by atoms with van der Waals surface area (Å²) in [5.74, 6) is 0.311. The minimum Gasteiger partial charge on any atom is -0.457 e. The molecular formula is C16H20N2O4S. The zero-order valence-corrected chi connectivity index (χ0v) is 14.1. The van der Waals surface area contributed by atoms with Gasteiger partial charge in [-0.05, 0) is 30.3 Å². The van der Waals surface area contributed by atoms with Crippen molar-refractivity contribution in [3.8, 4) is 11.5 Å². The van der Waals surface area contributed by atoms with E-state index in [2.05, 4.69) is 5.32 Å². The number of nitrogens with two attached hydrogens (primary N) is 1. The number of hydrogen-bond donors (Lipinski definition) is 2. The Morgan fingerprint density at radius 2 is 1.70 bits per heavy atom. The van der Waals surface area contributed by atoms with Crippen LogP contribution in [0.15, 0.2) is 53.4 Å². The van der Waals surface area contributed by atoms with E-state index in [-0.39, 0.29) is 16.2 Å². The summed E-state index contributed by atoms with van der Waals surface area (Å²) in [5.41, 5.74) is 0.0906. The first-order valence-corrected chi connectivity index (χ1v) is 8.58. The number of primary sulfonamides is 1. The number of hydrogen-bond acceptors (Lipinski definition) is 4. The van der Waals surface area contributed by atoms with Gasteiger partial charge in [0.25, 0.3) is 5.91 Å². The second-order valence-corrected chi connectivity index (χ2v) is 5.76. The van der Waals surface area contributed by atoms with E-state index in [0.717, 1.165) is 0 Å². The van der Waals surface area contributed by atoms with Gasteiger partial charge in [0.05, 0.1) is 10.5 Å². The molecule has 0 aliphatic carbocycles. The van der Waals surface area contributed by atoms with Crippen LogP contribution in [0, 0.1) is 0 Å². The van der Waals surface area contributed by atoms with Crippen molar-refractivity contribution in [1.29, 1.82) is 0 Å². The van der Waals surface area contributed by atoms with E-state index in [1.165, 1.54) is 25.2 Å². The maximum absolute atomic E-state index is 11.9. The zero-order chi connectivity index (χ0) is 17.5. The maximum atomic E-state index is 11.9. The normalized spacial score (nSPS) is 10.3. The van der Waals surface area contributed by atoms with Crippen molar-refractivity contribution in [2.24, 2.45) is 5.14 Å². The van der Waals surface area contributed by atoms with E-state index < -0.39 is 15.9 Å². The molecule has 0 saturated heterocycles. The molecule has 2 rings (SSSR count). The molecule has 0 aliphatic heterocycles. The molecule has 7 heteroatoms. The van der Waals surface area contributed by atoms with Crippen LogP contribution in [-0.2, 0) is 10.0 Å². The lowest BCUT2D eigenvalue weighted by Gasteiger charge is -2.11. The molecule has 0 atom stereocenters. The highest BCUT2D eigenvalue weighted by Gasteiger charge is 2.17. The van der Waals surface area contributed by atoms with Crippen LogP contribution in [0.3, 0.4) is 0 Å². The van der Waals surface area contributed by atoms with Crippen molar-refractivity contribution in [2.45, 2.75) is 18.7 Å². The predicted octanol–water partition coefficient (Wildman–Crippen LogP) is 2.51. The highest BCUT2D eigenvalue weighted by molar-refractivity contribution is 7.89. The minimum absolute atomic E-state index is 0.0906. The van der Waals surface area contributed by atoms with Gasteiger partial charge < -0.3 is 10.1 Å². The van der Waals surface area contributed by atoms with Crippen molar-refractivity contribution in [3.63, 3.8) is 0 Å². The molecule has 2 aromatic carbocycles. The standard InChI is InChI=1S/C14H14N2O4S.C2H6/c1-16-14(17)12-9-11(21(15,18)19)7-8-13(12)20-10-5-3-2-4-6-10;1-2/h2-9H,1H3,(H,16,17)(H2,15,18,19);1-2H3. The molecule has 0 aromatic heterocycles. The number of para-hydroxylation sites is 1. The molecule has 0 bridgehead atoms. The summed E-state index contributed by atoms with van der Waals surface area (Å²) in [7, 11) is -2.45. The molecule has 0 spiro atoms. The molecule has 2 aromatic rings. The van der Waals surface area contributed by atoms with Crippen molar-refractivity contribution in [2.75, 3.05) is 7.05 Å².